The molecule has 0 atom stereocenters. The van der Waals surface area contributed by atoms with E-state index in [1.165, 1.54) is 0 Å². The third-order valence-electron chi connectivity index (χ3n) is 4.83. The summed E-state index contributed by atoms with van der Waals surface area (Å²) in [6, 6.07) is 10.7. The standard InChI is InChI=1S/C26H24O2/c1-3-5-7-9-13-19-15-11-17-21-23(19)25(27)22-18-12-16-20(24(22)26(21)28)14-10-8-6-4-2/h11-12,15-18H,3-8H2,1-2H3. The number of benzene rings is 2. The van der Waals surface area contributed by atoms with Gasteiger partial charge in [0, 0.05) is 46.2 Å². The molecule has 0 aliphatic heterocycles. The minimum absolute atomic E-state index is 0.137. The molecule has 28 heavy (non-hydrogen) atoms. The van der Waals surface area contributed by atoms with Crippen molar-refractivity contribution in [1.82, 2.24) is 0 Å². The van der Waals surface area contributed by atoms with Crippen LogP contribution in [-0.4, -0.2) is 11.6 Å². The van der Waals surface area contributed by atoms with Crippen LogP contribution in [-0.2, 0) is 0 Å². The molecule has 1 aliphatic carbocycles. The highest BCUT2D eigenvalue weighted by molar-refractivity contribution is 6.29. The Kier molecular flexibility index (Phi) is 6.46. The first-order chi connectivity index (χ1) is 13.7. The van der Waals surface area contributed by atoms with Crippen molar-refractivity contribution in [3.05, 3.63) is 69.8 Å². The van der Waals surface area contributed by atoms with E-state index < -0.39 is 0 Å². The molecule has 1 aliphatic rings. The van der Waals surface area contributed by atoms with Crippen LogP contribution in [0.4, 0.5) is 0 Å². The molecule has 2 aromatic carbocycles. The number of unbranched alkanes of at least 4 members (excludes halogenated alkanes) is 4. The fourth-order valence-corrected chi connectivity index (χ4v) is 3.30. The van der Waals surface area contributed by atoms with Crippen LogP contribution in [0.1, 0.15) is 95.3 Å². The van der Waals surface area contributed by atoms with E-state index in [2.05, 4.69) is 37.5 Å². The zero-order valence-electron chi connectivity index (χ0n) is 16.5. The molecule has 0 fully saturated rings. The Morgan fingerprint density at radius 1 is 0.679 bits per heavy atom. The molecule has 0 saturated carbocycles. The summed E-state index contributed by atoms with van der Waals surface area (Å²) in [5.41, 5.74) is 3.00. The van der Waals surface area contributed by atoms with E-state index >= 15 is 0 Å². The van der Waals surface area contributed by atoms with Crippen LogP contribution in [0, 0.1) is 23.7 Å². The second-order valence-electron chi connectivity index (χ2n) is 6.93. The summed E-state index contributed by atoms with van der Waals surface area (Å²) in [6.07, 6.45) is 5.78. The highest BCUT2D eigenvalue weighted by Gasteiger charge is 2.32. The Labute approximate surface area is 167 Å². The van der Waals surface area contributed by atoms with Crippen LogP contribution in [0.5, 0.6) is 0 Å². The highest BCUT2D eigenvalue weighted by atomic mass is 16.1. The fraction of sp³-hybridized carbons (Fsp3) is 0.308. The van der Waals surface area contributed by atoms with Gasteiger partial charge in [0.2, 0.25) is 0 Å². The first-order valence-electron chi connectivity index (χ1n) is 10.0. The van der Waals surface area contributed by atoms with Crippen molar-refractivity contribution in [3.63, 3.8) is 0 Å². The predicted octanol–water partition coefficient (Wildman–Crippen LogP) is 5.55. The van der Waals surface area contributed by atoms with E-state index in [0.717, 1.165) is 38.5 Å². The van der Waals surface area contributed by atoms with E-state index in [4.69, 9.17) is 0 Å². The van der Waals surface area contributed by atoms with Crippen molar-refractivity contribution >= 4 is 11.6 Å². The maximum atomic E-state index is 13.2. The van der Waals surface area contributed by atoms with E-state index in [9.17, 15) is 9.59 Å². The lowest BCUT2D eigenvalue weighted by Gasteiger charge is -2.19. The quantitative estimate of drug-likeness (QED) is 0.447. The van der Waals surface area contributed by atoms with E-state index in [-0.39, 0.29) is 11.6 Å². The third-order valence-corrected chi connectivity index (χ3v) is 4.83. The molecule has 0 unspecified atom stereocenters. The number of hydrogen-bond acceptors (Lipinski definition) is 2. The molecule has 140 valence electrons. The van der Waals surface area contributed by atoms with Crippen molar-refractivity contribution in [2.45, 2.75) is 52.4 Å². The van der Waals surface area contributed by atoms with Crippen molar-refractivity contribution in [1.29, 1.82) is 0 Å². The van der Waals surface area contributed by atoms with Gasteiger partial charge in [-0.15, -0.1) is 0 Å². The minimum atomic E-state index is -0.137. The van der Waals surface area contributed by atoms with Gasteiger partial charge in [0.25, 0.3) is 0 Å². The van der Waals surface area contributed by atoms with Gasteiger partial charge in [0.05, 0.1) is 0 Å². The molecule has 0 aromatic heterocycles. The first kappa shape index (κ1) is 19.7. The van der Waals surface area contributed by atoms with Crippen LogP contribution in [0.2, 0.25) is 0 Å². The van der Waals surface area contributed by atoms with Crippen molar-refractivity contribution in [2.24, 2.45) is 0 Å². The second kappa shape index (κ2) is 9.20. The lowest BCUT2D eigenvalue weighted by atomic mass is 9.80. The number of fused-ring (bicyclic) bond motifs is 2. The molecule has 0 saturated heterocycles. The summed E-state index contributed by atoms with van der Waals surface area (Å²) >= 11 is 0. The third kappa shape index (κ3) is 3.92. The van der Waals surface area contributed by atoms with Gasteiger partial charge in [-0.2, -0.15) is 0 Å². The monoisotopic (exact) mass is 368 g/mol. The SMILES string of the molecule is CCCCC#Cc1cccc2c1C(=O)c1cccc(C#CCCCC)c1C2=O. The van der Waals surface area contributed by atoms with Crippen LogP contribution in [0.25, 0.3) is 0 Å². The Morgan fingerprint density at radius 2 is 1.11 bits per heavy atom. The van der Waals surface area contributed by atoms with Crippen LogP contribution < -0.4 is 0 Å². The average Bonchev–Trinajstić information content (AvgIpc) is 2.72. The Morgan fingerprint density at radius 3 is 1.50 bits per heavy atom. The molecular weight excluding hydrogens is 344 g/mol. The van der Waals surface area contributed by atoms with Crippen LogP contribution in [0.15, 0.2) is 36.4 Å². The Bertz CT molecular complexity index is 950. The van der Waals surface area contributed by atoms with Crippen molar-refractivity contribution in [3.8, 4) is 23.7 Å². The summed E-state index contributed by atoms with van der Waals surface area (Å²) in [5, 5.41) is 0. The molecule has 2 aromatic rings. The average molecular weight is 368 g/mol. The van der Waals surface area contributed by atoms with Gasteiger partial charge in [-0.3, -0.25) is 9.59 Å². The van der Waals surface area contributed by atoms with Crippen molar-refractivity contribution < 1.29 is 9.59 Å². The van der Waals surface area contributed by atoms with E-state index in [0.29, 0.717) is 33.4 Å². The lowest BCUT2D eigenvalue weighted by Crippen LogP contribution is -2.23. The number of rotatable bonds is 4. The molecule has 2 nitrogen and oxygen atoms in total. The molecule has 0 spiro atoms. The van der Waals surface area contributed by atoms with Gasteiger partial charge in [-0.05, 0) is 25.0 Å². The summed E-state index contributed by atoms with van der Waals surface area (Å²) in [7, 11) is 0. The van der Waals surface area contributed by atoms with Gasteiger partial charge in [-0.25, -0.2) is 0 Å². The number of carbonyl (C=O) groups excluding carboxylic acids is 2. The number of ketones is 2. The molecule has 0 radical (unpaired) electrons. The zero-order valence-corrected chi connectivity index (χ0v) is 16.5. The number of hydrogen-bond donors (Lipinski definition) is 0. The lowest BCUT2D eigenvalue weighted by molar-refractivity contribution is 0.0978. The largest absolute Gasteiger partial charge is 0.289 e. The summed E-state index contributed by atoms with van der Waals surface area (Å²) in [5.74, 6) is 12.2. The van der Waals surface area contributed by atoms with Gasteiger partial charge in [-0.1, -0.05) is 74.6 Å². The smallest absolute Gasteiger partial charge is 0.195 e. The van der Waals surface area contributed by atoms with Gasteiger partial charge in [0.1, 0.15) is 0 Å². The van der Waals surface area contributed by atoms with Crippen LogP contribution >= 0.6 is 0 Å². The van der Waals surface area contributed by atoms with E-state index in [1.54, 1.807) is 24.3 Å². The molecule has 2 heteroatoms. The van der Waals surface area contributed by atoms with Crippen LogP contribution in [0.3, 0.4) is 0 Å². The maximum Gasteiger partial charge on any atom is 0.195 e. The van der Waals surface area contributed by atoms with Gasteiger partial charge in [0.15, 0.2) is 11.6 Å². The normalized spacial score (nSPS) is 11.6. The Hall–Kier alpha value is -3.10. The molecule has 3 rings (SSSR count). The Balaban J connectivity index is 2.05. The molecule has 0 bridgehead atoms. The van der Waals surface area contributed by atoms with Gasteiger partial charge >= 0.3 is 0 Å². The topological polar surface area (TPSA) is 34.1 Å². The predicted molar refractivity (Wildman–Crippen MR) is 113 cm³/mol. The highest BCUT2D eigenvalue weighted by Crippen LogP contribution is 2.31. The zero-order chi connectivity index (χ0) is 19.9. The summed E-state index contributed by atoms with van der Waals surface area (Å²) in [4.78, 5) is 26.4. The van der Waals surface area contributed by atoms with E-state index in [1.807, 2.05) is 12.1 Å². The molecular formula is C26H24O2. The molecule has 0 amide bonds. The summed E-state index contributed by atoms with van der Waals surface area (Å²) < 4.78 is 0. The first-order valence-corrected chi connectivity index (χ1v) is 10.0. The molecule has 0 heterocycles. The maximum absolute atomic E-state index is 13.2. The second-order valence-corrected chi connectivity index (χ2v) is 6.93. The van der Waals surface area contributed by atoms with Gasteiger partial charge < -0.3 is 0 Å². The summed E-state index contributed by atoms with van der Waals surface area (Å²) in [6.45, 7) is 4.24. The fourth-order valence-electron chi connectivity index (χ4n) is 3.30. The molecule has 0 N–H and O–H groups in total. The number of carbonyl (C=O) groups is 2. The minimum Gasteiger partial charge on any atom is -0.289 e. The van der Waals surface area contributed by atoms with Crippen molar-refractivity contribution in [2.75, 3.05) is 0 Å².